The predicted octanol–water partition coefficient (Wildman–Crippen LogP) is 2.37. The number of ether oxygens (including phenoxy) is 1. The topological polar surface area (TPSA) is 106 Å². The first-order chi connectivity index (χ1) is 13.0. The largest absolute Gasteiger partial charge is 0.460 e. The van der Waals surface area contributed by atoms with E-state index in [4.69, 9.17) is 9.26 Å². The van der Waals surface area contributed by atoms with E-state index in [2.05, 4.69) is 39.3 Å². The van der Waals surface area contributed by atoms with Crippen LogP contribution in [0.25, 0.3) is 0 Å². The average Bonchev–Trinajstić information content (AvgIpc) is 3.11. The zero-order chi connectivity index (χ0) is 19.2. The lowest BCUT2D eigenvalue weighted by molar-refractivity contribution is 0.102. The van der Waals surface area contributed by atoms with E-state index >= 15 is 0 Å². The van der Waals surface area contributed by atoms with Gasteiger partial charge >= 0.3 is 12.0 Å². The SMILES string of the molecule is CC(C)Cc1noc([C@H](C)NC(=O)N2CCC(Oc3ncccn3)CC2)n1. The van der Waals surface area contributed by atoms with Crippen LogP contribution < -0.4 is 10.1 Å². The van der Waals surface area contributed by atoms with Gasteiger partial charge in [0.2, 0.25) is 5.89 Å². The van der Waals surface area contributed by atoms with Crippen LogP contribution in [0.3, 0.4) is 0 Å². The molecule has 1 atom stereocenters. The Balaban J connectivity index is 1.45. The molecule has 0 saturated carbocycles. The Morgan fingerprint density at radius 1 is 1.30 bits per heavy atom. The Morgan fingerprint density at radius 3 is 2.67 bits per heavy atom. The van der Waals surface area contributed by atoms with E-state index in [1.807, 2.05) is 6.92 Å². The van der Waals surface area contributed by atoms with Gasteiger partial charge in [0.1, 0.15) is 12.1 Å². The molecule has 0 unspecified atom stereocenters. The molecule has 1 aliphatic rings. The molecule has 146 valence electrons. The highest BCUT2D eigenvalue weighted by atomic mass is 16.5. The zero-order valence-corrected chi connectivity index (χ0v) is 16.0. The normalized spacial score (nSPS) is 16.4. The monoisotopic (exact) mass is 374 g/mol. The highest BCUT2D eigenvalue weighted by molar-refractivity contribution is 5.74. The van der Waals surface area contributed by atoms with Gasteiger partial charge in [-0.25, -0.2) is 14.8 Å². The lowest BCUT2D eigenvalue weighted by atomic mass is 10.1. The van der Waals surface area contributed by atoms with Crippen LogP contribution in [0.15, 0.2) is 23.0 Å². The lowest BCUT2D eigenvalue weighted by Crippen LogP contribution is -2.47. The summed E-state index contributed by atoms with van der Waals surface area (Å²) in [5.74, 6) is 1.55. The molecule has 9 heteroatoms. The maximum atomic E-state index is 12.5. The number of urea groups is 1. The van der Waals surface area contributed by atoms with Crippen molar-refractivity contribution in [2.24, 2.45) is 5.92 Å². The molecule has 1 N–H and O–H groups in total. The van der Waals surface area contributed by atoms with Crippen LogP contribution in [0.4, 0.5) is 4.79 Å². The van der Waals surface area contributed by atoms with Gasteiger partial charge in [0.25, 0.3) is 0 Å². The molecule has 2 amide bonds. The van der Waals surface area contributed by atoms with Crippen LogP contribution >= 0.6 is 0 Å². The van der Waals surface area contributed by atoms with Gasteiger partial charge < -0.3 is 19.5 Å². The molecule has 27 heavy (non-hydrogen) atoms. The minimum atomic E-state index is -0.336. The summed E-state index contributed by atoms with van der Waals surface area (Å²) in [6.07, 6.45) is 5.54. The molecule has 1 fully saturated rings. The van der Waals surface area contributed by atoms with Crippen molar-refractivity contribution >= 4 is 6.03 Å². The van der Waals surface area contributed by atoms with Crippen LogP contribution in [-0.2, 0) is 6.42 Å². The van der Waals surface area contributed by atoms with E-state index in [0.717, 1.165) is 19.3 Å². The molecule has 0 bridgehead atoms. The number of hydrogen-bond donors (Lipinski definition) is 1. The van der Waals surface area contributed by atoms with E-state index in [1.165, 1.54) is 0 Å². The molecular formula is C18H26N6O3. The average molecular weight is 374 g/mol. The maximum Gasteiger partial charge on any atom is 0.318 e. The first-order valence-electron chi connectivity index (χ1n) is 9.33. The van der Waals surface area contributed by atoms with Crippen molar-refractivity contribution in [3.05, 3.63) is 30.2 Å². The first kappa shape index (κ1) is 19.1. The highest BCUT2D eigenvalue weighted by Gasteiger charge is 2.26. The number of hydrogen-bond acceptors (Lipinski definition) is 7. The van der Waals surface area contributed by atoms with Gasteiger partial charge in [0.15, 0.2) is 5.82 Å². The number of aromatic nitrogens is 4. The van der Waals surface area contributed by atoms with Crippen LogP contribution in [0.5, 0.6) is 6.01 Å². The second-order valence-electron chi connectivity index (χ2n) is 7.15. The van der Waals surface area contributed by atoms with Crippen molar-refractivity contribution in [3.8, 4) is 6.01 Å². The van der Waals surface area contributed by atoms with E-state index in [9.17, 15) is 4.79 Å². The van der Waals surface area contributed by atoms with Gasteiger partial charge in [-0.2, -0.15) is 4.98 Å². The number of amides is 2. The van der Waals surface area contributed by atoms with Crippen molar-refractivity contribution < 1.29 is 14.1 Å². The highest BCUT2D eigenvalue weighted by Crippen LogP contribution is 2.17. The number of piperidine rings is 1. The number of rotatable bonds is 6. The molecule has 0 aliphatic carbocycles. The molecule has 1 saturated heterocycles. The van der Waals surface area contributed by atoms with Crippen molar-refractivity contribution in [2.75, 3.05) is 13.1 Å². The van der Waals surface area contributed by atoms with Crippen LogP contribution in [0, 0.1) is 5.92 Å². The predicted molar refractivity (Wildman–Crippen MR) is 97.0 cm³/mol. The van der Waals surface area contributed by atoms with Crippen LogP contribution in [0.2, 0.25) is 0 Å². The van der Waals surface area contributed by atoms with Gasteiger partial charge in [-0.15, -0.1) is 0 Å². The minimum absolute atomic E-state index is 0.0170. The van der Waals surface area contributed by atoms with E-state index in [1.54, 1.807) is 23.4 Å². The minimum Gasteiger partial charge on any atom is -0.460 e. The zero-order valence-electron chi connectivity index (χ0n) is 16.0. The maximum absolute atomic E-state index is 12.5. The fraction of sp³-hybridized carbons (Fsp3) is 0.611. The molecule has 3 heterocycles. The molecule has 0 aromatic carbocycles. The summed E-state index contributed by atoms with van der Waals surface area (Å²) in [7, 11) is 0. The van der Waals surface area contributed by atoms with Crippen LogP contribution in [0.1, 0.15) is 51.4 Å². The van der Waals surface area contributed by atoms with Crippen molar-refractivity contribution in [1.29, 1.82) is 0 Å². The fourth-order valence-corrected chi connectivity index (χ4v) is 2.90. The fourth-order valence-electron chi connectivity index (χ4n) is 2.90. The van der Waals surface area contributed by atoms with Gasteiger partial charge in [0, 0.05) is 44.7 Å². The van der Waals surface area contributed by atoms with Crippen molar-refractivity contribution in [3.63, 3.8) is 0 Å². The molecular weight excluding hydrogens is 348 g/mol. The van der Waals surface area contributed by atoms with Gasteiger partial charge in [-0.05, 0) is 18.9 Å². The Kier molecular flexibility index (Phi) is 6.20. The summed E-state index contributed by atoms with van der Waals surface area (Å²) in [6.45, 7) is 7.25. The number of carbonyl (C=O) groups is 1. The third kappa shape index (κ3) is 5.38. The summed E-state index contributed by atoms with van der Waals surface area (Å²) < 4.78 is 11.0. The van der Waals surface area contributed by atoms with Crippen molar-refractivity contribution in [1.82, 2.24) is 30.3 Å². The van der Waals surface area contributed by atoms with E-state index in [-0.39, 0.29) is 18.2 Å². The molecule has 2 aromatic rings. The summed E-state index contributed by atoms with van der Waals surface area (Å²) in [6, 6.07) is 1.65. The summed E-state index contributed by atoms with van der Waals surface area (Å²) >= 11 is 0. The number of carbonyl (C=O) groups excluding carboxylic acids is 1. The Bertz CT molecular complexity index is 728. The molecule has 0 radical (unpaired) electrons. The number of likely N-dealkylation sites (tertiary alicyclic amines) is 1. The smallest absolute Gasteiger partial charge is 0.318 e. The Hall–Kier alpha value is -2.71. The second-order valence-corrected chi connectivity index (χ2v) is 7.15. The number of nitrogens with zero attached hydrogens (tertiary/aromatic N) is 5. The third-order valence-corrected chi connectivity index (χ3v) is 4.33. The lowest BCUT2D eigenvalue weighted by Gasteiger charge is -2.32. The molecule has 1 aliphatic heterocycles. The Morgan fingerprint density at radius 2 is 2.00 bits per heavy atom. The van der Waals surface area contributed by atoms with Crippen LogP contribution in [-0.4, -0.2) is 50.2 Å². The van der Waals surface area contributed by atoms with Gasteiger partial charge in [0.05, 0.1) is 0 Å². The third-order valence-electron chi connectivity index (χ3n) is 4.33. The van der Waals surface area contributed by atoms with E-state index in [0.29, 0.717) is 36.7 Å². The summed E-state index contributed by atoms with van der Waals surface area (Å²) in [5, 5.41) is 6.89. The molecule has 3 rings (SSSR count). The summed E-state index contributed by atoms with van der Waals surface area (Å²) in [4.78, 5) is 26.8. The first-order valence-corrected chi connectivity index (χ1v) is 9.33. The quantitative estimate of drug-likeness (QED) is 0.827. The molecule has 2 aromatic heterocycles. The van der Waals surface area contributed by atoms with Gasteiger partial charge in [-0.3, -0.25) is 0 Å². The van der Waals surface area contributed by atoms with E-state index < -0.39 is 0 Å². The second kappa shape index (κ2) is 8.79. The molecule has 0 spiro atoms. The summed E-state index contributed by atoms with van der Waals surface area (Å²) in [5.41, 5.74) is 0. The molecule has 9 nitrogen and oxygen atoms in total. The number of nitrogens with one attached hydrogen (secondary N) is 1. The standard InChI is InChI=1S/C18H26N6O3/c1-12(2)11-15-22-16(27-23-15)13(3)21-18(25)24-9-5-14(6-10-24)26-17-19-7-4-8-20-17/h4,7-8,12-14H,5-6,9-11H2,1-3H3,(H,21,25)/t13-/m0/s1. The van der Waals surface area contributed by atoms with Gasteiger partial charge in [-0.1, -0.05) is 19.0 Å². The van der Waals surface area contributed by atoms with Crippen molar-refractivity contribution in [2.45, 2.75) is 52.2 Å². The Labute approximate surface area is 158 Å².